The standard InChI is InChI=1S/C30H33ClF3N5O3S/c1-43(41,42)38-15-11-26-24(18-38)28(20-5-7-21(8-6-20)30(32,33)34)36-39(26)16-12-27(40)37-13-9-19(10-14-37)23-17-35-29-22(23)3-2-4-25(29)31/h2-8,17,19,27,35,40H,9-16,18H2,1H3. The zero-order valence-electron chi connectivity index (χ0n) is 23.6. The van der Waals surface area contributed by atoms with Gasteiger partial charge in [0, 0.05) is 74.0 Å². The number of nitrogens with one attached hydrogen (secondary N) is 1. The van der Waals surface area contributed by atoms with Gasteiger partial charge in [-0.3, -0.25) is 9.58 Å². The summed E-state index contributed by atoms with van der Waals surface area (Å²) in [5, 5.41) is 17.7. The van der Waals surface area contributed by atoms with Crippen molar-refractivity contribution in [2.75, 3.05) is 25.9 Å². The number of H-pyrrole nitrogens is 1. The highest BCUT2D eigenvalue weighted by Gasteiger charge is 2.33. The molecule has 2 N–H and O–H groups in total. The van der Waals surface area contributed by atoms with Gasteiger partial charge in [-0.15, -0.1) is 0 Å². The maximum absolute atomic E-state index is 13.2. The molecule has 0 spiro atoms. The number of halogens is 4. The second-order valence-electron chi connectivity index (χ2n) is 11.4. The number of hydrogen-bond acceptors (Lipinski definition) is 5. The number of hydrogen-bond donors (Lipinski definition) is 2. The summed E-state index contributed by atoms with van der Waals surface area (Å²) in [6.07, 6.45) is 0.651. The van der Waals surface area contributed by atoms with Crippen LogP contribution in [0.5, 0.6) is 0 Å². The Morgan fingerprint density at radius 3 is 2.51 bits per heavy atom. The van der Waals surface area contributed by atoms with E-state index in [1.165, 1.54) is 22.0 Å². The number of aryl methyl sites for hydroxylation is 1. The maximum Gasteiger partial charge on any atom is 0.416 e. The Morgan fingerprint density at radius 2 is 1.84 bits per heavy atom. The number of rotatable bonds is 7. The van der Waals surface area contributed by atoms with E-state index in [2.05, 4.69) is 16.0 Å². The predicted molar refractivity (Wildman–Crippen MR) is 159 cm³/mol. The van der Waals surface area contributed by atoms with Crippen LogP contribution in [0.2, 0.25) is 5.02 Å². The highest BCUT2D eigenvalue weighted by Crippen LogP contribution is 2.37. The zero-order chi connectivity index (χ0) is 30.5. The molecular weight excluding hydrogens is 603 g/mol. The number of likely N-dealkylation sites (tertiary alicyclic amines) is 1. The molecular formula is C30H33ClF3N5O3S. The summed E-state index contributed by atoms with van der Waals surface area (Å²) >= 11 is 6.34. The van der Waals surface area contributed by atoms with E-state index in [1.807, 2.05) is 18.3 Å². The minimum absolute atomic E-state index is 0.0969. The molecule has 0 bridgehead atoms. The van der Waals surface area contributed by atoms with E-state index >= 15 is 0 Å². The second kappa shape index (κ2) is 11.6. The molecule has 43 heavy (non-hydrogen) atoms. The summed E-state index contributed by atoms with van der Waals surface area (Å²) in [6, 6.07) is 10.7. The maximum atomic E-state index is 13.2. The van der Waals surface area contributed by atoms with Crippen LogP contribution in [0.4, 0.5) is 13.2 Å². The lowest BCUT2D eigenvalue weighted by Gasteiger charge is -2.35. The first-order valence-electron chi connectivity index (χ1n) is 14.3. The average molecular weight is 636 g/mol. The van der Waals surface area contributed by atoms with Gasteiger partial charge in [-0.25, -0.2) is 8.42 Å². The Hall–Kier alpha value is -2.90. The number of alkyl halides is 3. The van der Waals surface area contributed by atoms with Gasteiger partial charge in [-0.2, -0.15) is 22.6 Å². The van der Waals surface area contributed by atoms with E-state index in [-0.39, 0.29) is 6.54 Å². The van der Waals surface area contributed by atoms with E-state index in [9.17, 15) is 26.7 Å². The summed E-state index contributed by atoms with van der Waals surface area (Å²) in [5.41, 5.74) is 3.91. The summed E-state index contributed by atoms with van der Waals surface area (Å²) in [6.45, 7) is 2.25. The molecule has 2 aromatic carbocycles. The van der Waals surface area contributed by atoms with Gasteiger partial charge in [-0.1, -0.05) is 35.9 Å². The van der Waals surface area contributed by atoms with Crippen molar-refractivity contribution in [3.05, 3.63) is 76.1 Å². The number of aromatic nitrogens is 3. The molecule has 4 aromatic rings. The molecule has 0 saturated carbocycles. The first-order chi connectivity index (χ1) is 20.4. The Bertz CT molecular complexity index is 1730. The highest BCUT2D eigenvalue weighted by molar-refractivity contribution is 7.88. The monoisotopic (exact) mass is 635 g/mol. The number of aromatic amines is 1. The van der Waals surface area contributed by atoms with Crippen molar-refractivity contribution in [3.63, 3.8) is 0 Å². The number of sulfonamides is 1. The summed E-state index contributed by atoms with van der Waals surface area (Å²) in [7, 11) is -3.47. The van der Waals surface area contributed by atoms with Crippen LogP contribution in [0.25, 0.3) is 22.2 Å². The molecule has 1 fully saturated rings. The van der Waals surface area contributed by atoms with Crippen molar-refractivity contribution in [2.24, 2.45) is 0 Å². The molecule has 1 saturated heterocycles. The molecule has 0 amide bonds. The van der Waals surface area contributed by atoms with Gasteiger partial charge in [0.2, 0.25) is 10.0 Å². The molecule has 230 valence electrons. The third-order valence-electron chi connectivity index (χ3n) is 8.74. The fraction of sp³-hybridized carbons (Fsp3) is 0.433. The van der Waals surface area contributed by atoms with E-state index in [1.54, 1.807) is 4.68 Å². The number of para-hydroxylation sites is 1. The number of fused-ring (bicyclic) bond motifs is 2. The Balaban J connectivity index is 1.16. The van der Waals surface area contributed by atoms with E-state index in [0.29, 0.717) is 53.7 Å². The molecule has 0 aliphatic carbocycles. The number of aliphatic hydroxyl groups excluding tert-OH is 1. The van der Waals surface area contributed by atoms with Gasteiger partial charge in [-0.05, 0) is 42.5 Å². The number of nitrogens with zero attached hydrogens (tertiary/aromatic N) is 4. The van der Waals surface area contributed by atoms with Crippen molar-refractivity contribution in [1.29, 1.82) is 0 Å². The van der Waals surface area contributed by atoms with E-state index in [4.69, 9.17) is 16.7 Å². The highest BCUT2D eigenvalue weighted by atomic mass is 35.5. The molecule has 6 rings (SSSR count). The van der Waals surface area contributed by atoms with Gasteiger partial charge in [0.1, 0.15) is 6.23 Å². The zero-order valence-corrected chi connectivity index (χ0v) is 25.2. The molecule has 0 radical (unpaired) electrons. The molecule has 8 nitrogen and oxygen atoms in total. The van der Waals surface area contributed by atoms with Crippen molar-refractivity contribution in [3.8, 4) is 11.3 Å². The normalized spacial score (nSPS) is 18.3. The second-order valence-corrected chi connectivity index (χ2v) is 13.8. The van der Waals surface area contributed by atoms with Crippen molar-refractivity contribution >= 4 is 32.5 Å². The number of benzene rings is 2. The molecule has 2 aliphatic rings. The van der Waals surface area contributed by atoms with Crippen molar-refractivity contribution < 1.29 is 26.7 Å². The lowest BCUT2D eigenvalue weighted by molar-refractivity contribution is -0.137. The van der Waals surface area contributed by atoms with Crippen LogP contribution in [0.1, 0.15) is 47.6 Å². The van der Waals surface area contributed by atoms with Crippen molar-refractivity contribution in [2.45, 2.75) is 57.1 Å². The molecule has 2 aromatic heterocycles. The van der Waals surface area contributed by atoms with Crippen LogP contribution < -0.4 is 0 Å². The van der Waals surface area contributed by atoms with Crippen molar-refractivity contribution in [1.82, 2.24) is 24.0 Å². The third kappa shape index (κ3) is 6.08. The van der Waals surface area contributed by atoms with Crippen LogP contribution >= 0.6 is 11.6 Å². The van der Waals surface area contributed by atoms with Crippen LogP contribution in [0.15, 0.2) is 48.7 Å². The minimum atomic E-state index is -4.46. The summed E-state index contributed by atoms with van der Waals surface area (Å²) in [5.74, 6) is 0.359. The minimum Gasteiger partial charge on any atom is -0.378 e. The Labute approximate surface area is 253 Å². The van der Waals surface area contributed by atoms with Gasteiger partial charge in [0.25, 0.3) is 0 Å². The van der Waals surface area contributed by atoms with E-state index < -0.39 is 28.0 Å². The van der Waals surface area contributed by atoms with Crippen LogP contribution in [0.3, 0.4) is 0 Å². The van der Waals surface area contributed by atoms with Gasteiger partial charge < -0.3 is 10.1 Å². The average Bonchev–Trinajstić information content (AvgIpc) is 3.58. The first-order valence-corrected chi connectivity index (χ1v) is 16.5. The number of aliphatic hydroxyl groups is 1. The Kier molecular flexibility index (Phi) is 8.10. The van der Waals surface area contributed by atoms with Gasteiger partial charge in [0.05, 0.1) is 28.1 Å². The molecule has 2 aliphatic heterocycles. The van der Waals surface area contributed by atoms with Crippen LogP contribution in [0, 0.1) is 0 Å². The van der Waals surface area contributed by atoms with Gasteiger partial charge in [0.15, 0.2) is 0 Å². The fourth-order valence-electron chi connectivity index (χ4n) is 6.39. The fourth-order valence-corrected chi connectivity index (χ4v) is 7.40. The summed E-state index contributed by atoms with van der Waals surface area (Å²) in [4.78, 5) is 5.36. The van der Waals surface area contributed by atoms with Gasteiger partial charge >= 0.3 is 6.18 Å². The SMILES string of the molecule is CS(=O)(=O)N1CCc2c(c(-c3ccc(C(F)(F)F)cc3)nn2CCC(O)N2CCC(c3c[nH]c4c(Cl)cccc34)CC2)C1. The quantitative estimate of drug-likeness (QED) is 0.275. The Morgan fingerprint density at radius 1 is 1.12 bits per heavy atom. The van der Waals surface area contributed by atoms with Crippen LogP contribution in [-0.2, 0) is 35.7 Å². The molecule has 1 unspecified atom stereocenters. The largest absolute Gasteiger partial charge is 0.416 e. The molecule has 13 heteroatoms. The topological polar surface area (TPSA) is 94.5 Å². The van der Waals surface area contributed by atoms with Crippen LogP contribution in [-0.4, -0.2) is 69.6 Å². The first kappa shape index (κ1) is 30.1. The van der Waals surface area contributed by atoms with E-state index in [0.717, 1.165) is 60.9 Å². The lowest BCUT2D eigenvalue weighted by Crippen LogP contribution is -2.41. The number of piperidine rings is 1. The smallest absolute Gasteiger partial charge is 0.378 e. The predicted octanol–water partition coefficient (Wildman–Crippen LogP) is 5.61. The molecule has 1 atom stereocenters. The lowest BCUT2D eigenvalue weighted by atomic mass is 9.89. The molecule has 4 heterocycles. The third-order valence-corrected chi connectivity index (χ3v) is 10.3. The summed E-state index contributed by atoms with van der Waals surface area (Å²) < 4.78 is 67.2.